The number of nitrogens with zero attached hydrogens (tertiary/aromatic N) is 4. The van der Waals surface area contributed by atoms with E-state index in [1.165, 1.54) is 101 Å². The second kappa shape index (κ2) is 20.0. The third-order valence-electron chi connectivity index (χ3n) is 8.62. The fraction of sp³-hybridized carbons (Fsp3) is 0.450. The van der Waals surface area contributed by atoms with Gasteiger partial charge in [-0.15, -0.1) is 0 Å². The number of aromatic carboxylic acids is 1. The molecular weight excluding hydrogens is 600 g/mol. The summed E-state index contributed by atoms with van der Waals surface area (Å²) in [4.78, 5) is 41.9. The monoisotopic (exact) mass is 650 g/mol. The van der Waals surface area contributed by atoms with E-state index in [0.29, 0.717) is 29.2 Å². The van der Waals surface area contributed by atoms with Gasteiger partial charge < -0.3 is 9.84 Å². The molecule has 0 bridgehead atoms. The van der Waals surface area contributed by atoms with E-state index < -0.39 is 5.97 Å². The van der Waals surface area contributed by atoms with Crippen molar-refractivity contribution in [2.75, 3.05) is 0 Å². The van der Waals surface area contributed by atoms with Crippen LogP contribution in [0.4, 0.5) is 0 Å². The van der Waals surface area contributed by atoms with E-state index in [2.05, 4.69) is 37.0 Å². The second-order valence-electron chi connectivity index (χ2n) is 12.6. The third kappa shape index (κ3) is 11.7. The van der Waals surface area contributed by atoms with Crippen LogP contribution in [0.2, 0.25) is 0 Å². The molecule has 0 aromatic carbocycles. The first-order valence-corrected chi connectivity index (χ1v) is 17.8. The molecule has 0 aliphatic rings. The number of unbranched alkanes of at least 4 members (excludes halogenated alkanes) is 12. The summed E-state index contributed by atoms with van der Waals surface area (Å²) in [7, 11) is 0. The van der Waals surface area contributed by atoms with Gasteiger partial charge in [-0.25, -0.2) is 14.8 Å². The normalized spacial score (nSPS) is 11.0. The minimum absolute atomic E-state index is 0.0876. The minimum Gasteiger partial charge on any atom is -0.478 e. The van der Waals surface area contributed by atoms with Crippen LogP contribution in [0.25, 0.3) is 34.2 Å². The number of carboxylic acids is 1. The van der Waals surface area contributed by atoms with Gasteiger partial charge in [-0.2, -0.15) is 0 Å². The number of carbonyl (C=O) groups is 2. The van der Waals surface area contributed by atoms with Crippen molar-refractivity contribution in [1.29, 1.82) is 0 Å². The first-order valence-electron chi connectivity index (χ1n) is 17.8. The SMILES string of the molecule is CCCCCCCCCc1ccnc(-c2cc(CCCCCCCCC)cc(-c3cc(OC=O)cc(-c4cc(C(=O)O)ccn4)n3)n2)c1. The lowest BCUT2D eigenvalue weighted by atomic mass is 10.0. The summed E-state index contributed by atoms with van der Waals surface area (Å²) in [6, 6.07) is 14.5. The zero-order chi connectivity index (χ0) is 34.0. The van der Waals surface area contributed by atoms with Gasteiger partial charge in [-0.1, -0.05) is 90.9 Å². The van der Waals surface area contributed by atoms with Crippen LogP contribution in [0.5, 0.6) is 5.75 Å². The Hall–Kier alpha value is -4.46. The van der Waals surface area contributed by atoms with Crippen molar-refractivity contribution in [3.8, 4) is 39.9 Å². The van der Waals surface area contributed by atoms with Crippen LogP contribution < -0.4 is 4.74 Å². The molecule has 0 saturated heterocycles. The highest BCUT2D eigenvalue weighted by atomic mass is 16.5. The zero-order valence-electron chi connectivity index (χ0n) is 28.6. The Morgan fingerprint density at radius 2 is 1.06 bits per heavy atom. The molecule has 0 unspecified atom stereocenters. The van der Waals surface area contributed by atoms with E-state index in [1.54, 1.807) is 12.1 Å². The molecule has 0 amide bonds. The smallest absolute Gasteiger partial charge is 0.335 e. The molecule has 8 heteroatoms. The van der Waals surface area contributed by atoms with Gasteiger partial charge >= 0.3 is 5.97 Å². The number of hydrogen-bond acceptors (Lipinski definition) is 7. The zero-order valence-corrected chi connectivity index (χ0v) is 28.6. The van der Waals surface area contributed by atoms with E-state index in [-0.39, 0.29) is 11.3 Å². The van der Waals surface area contributed by atoms with Crippen LogP contribution in [0, 0.1) is 0 Å². The lowest BCUT2D eigenvalue weighted by Crippen LogP contribution is -2.01. The lowest BCUT2D eigenvalue weighted by Gasteiger charge is -2.12. The molecule has 254 valence electrons. The van der Waals surface area contributed by atoms with Crippen LogP contribution >= 0.6 is 0 Å². The quantitative estimate of drug-likeness (QED) is 0.0660. The Bertz CT molecular complexity index is 1610. The molecule has 4 heterocycles. The topological polar surface area (TPSA) is 115 Å². The second-order valence-corrected chi connectivity index (χ2v) is 12.6. The lowest BCUT2D eigenvalue weighted by molar-refractivity contribution is -0.120. The summed E-state index contributed by atoms with van der Waals surface area (Å²) < 4.78 is 5.26. The van der Waals surface area contributed by atoms with Crippen LogP contribution in [-0.2, 0) is 17.6 Å². The molecule has 4 aromatic heterocycles. The fourth-order valence-corrected chi connectivity index (χ4v) is 5.93. The highest BCUT2D eigenvalue weighted by molar-refractivity contribution is 5.88. The first kappa shape index (κ1) is 36.4. The predicted octanol–water partition coefficient (Wildman–Crippen LogP) is 10.1. The van der Waals surface area contributed by atoms with Gasteiger partial charge in [0.05, 0.1) is 39.7 Å². The summed E-state index contributed by atoms with van der Waals surface area (Å²) in [6.07, 6.45) is 22.6. The Labute approximate surface area is 285 Å². The predicted molar refractivity (Wildman–Crippen MR) is 191 cm³/mol. The van der Waals surface area contributed by atoms with E-state index in [4.69, 9.17) is 19.7 Å². The van der Waals surface area contributed by atoms with Crippen LogP contribution in [0.15, 0.2) is 60.9 Å². The van der Waals surface area contributed by atoms with E-state index in [9.17, 15) is 14.7 Å². The number of carbonyl (C=O) groups excluding carboxylic acids is 1. The molecule has 0 atom stereocenters. The Balaban J connectivity index is 1.64. The number of carboxylic acid groups (broad SMARTS) is 1. The minimum atomic E-state index is -1.06. The van der Waals surface area contributed by atoms with Gasteiger partial charge in [0.15, 0.2) is 0 Å². The van der Waals surface area contributed by atoms with Gasteiger partial charge in [-0.3, -0.25) is 14.8 Å². The number of aromatic nitrogens is 4. The van der Waals surface area contributed by atoms with Gasteiger partial charge in [0.25, 0.3) is 6.47 Å². The maximum atomic E-state index is 11.6. The first-order chi connectivity index (χ1) is 23.5. The number of rotatable bonds is 22. The van der Waals surface area contributed by atoms with E-state index in [0.717, 1.165) is 42.6 Å². The molecule has 0 saturated carbocycles. The van der Waals surface area contributed by atoms with Crippen molar-refractivity contribution >= 4 is 12.4 Å². The summed E-state index contributed by atoms with van der Waals surface area (Å²) >= 11 is 0. The molecule has 4 aromatic rings. The summed E-state index contributed by atoms with van der Waals surface area (Å²) in [5.74, 6) is -0.798. The highest BCUT2D eigenvalue weighted by Crippen LogP contribution is 2.30. The molecular formula is C40H50N4O4. The molecule has 48 heavy (non-hydrogen) atoms. The van der Waals surface area contributed by atoms with Gasteiger partial charge in [-0.05, 0) is 73.2 Å². The fourth-order valence-electron chi connectivity index (χ4n) is 5.93. The molecule has 0 spiro atoms. The number of pyridine rings is 4. The maximum Gasteiger partial charge on any atom is 0.335 e. The Morgan fingerprint density at radius 1 is 0.604 bits per heavy atom. The van der Waals surface area contributed by atoms with Crippen LogP contribution in [0.1, 0.15) is 125 Å². The maximum absolute atomic E-state index is 11.6. The summed E-state index contributed by atoms with van der Waals surface area (Å²) in [5, 5.41) is 9.52. The van der Waals surface area contributed by atoms with Gasteiger partial charge in [0, 0.05) is 24.5 Å². The van der Waals surface area contributed by atoms with Gasteiger partial charge in [0.1, 0.15) is 5.75 Å². The molecule has 8 nitrogen and oxygen atoms in total. The largest absolute Gasteiger partial charge is 0.478 e. The van der Waals surface area contributed by atoms with Crippen molar-refractivity contribution < 1.29 is 19.4 Å². The molecule has 1 N–H and O–H groups in total. The van der Waals surface area contributed by atoms with Crippen LogP contribution in [0.3, 0.4) is 0 Å². The molecule has 0 aliphatic carbocycles. The summed E-state index contributed by atoms with van der Waals surface area (Å²) in [6.45, 7) is 4.85. The third-order valence-corrected chi connectivity index (χ3v) is 8.62. The van der Waals surface area contributed by atoms with Crippen LogP contribution in [-0.4, -0.2) is 37.5 Å². The van der Waals surface area contributed by atoms with Crippen molar-refractivity contribution in [3.05, 3.63) is 77.6 Å². The van der Waals surface area contributed by atoms with E-state index >= 15 is 0 Å². The van der Waals surface area contributed by atoms with E-state index in [1.807, 2.05) is 12.3 Å². The number of ether oxygens (including phenoxy) is 1. The molecule has 0 aliphatic heterocycles. The average molecular weight is 651 g/mol. The molecule has 0 fully saturated rings. The number of aryl methyl sites for hydroxylation is 2. The average Bonchev–Trinajstić information content (AvgIpc) is 3.11. The Morgan fingerprint density at radius 3 is 1.65 bits per heavy atom. The highest BCUT2D eigenvalue weighted by Gasteiger charge is 2.15. The summed E-state index contributed by atoms with van der Waals surface area (Å²) in [5.41, 5.74) is 5.90. The van der Waals surface area contributed by atoms with Crippen molar-refractivity contribution in [2.24, 2.45) is 0 Å². The van der Waals surface area contributed by atoms with Crippen molar-refractivity contribution in [1.82, 2.24) is 19.9 Å². The van der Waals surface area contributed by atoms with Crippen molar-refractivity contribution in [2.45, 2.75) is 117 Å². The standard InChI is InChI=1S/C40H50N4O4/c1-3-5-7-9-11-13-15-17-30-19-21-41-34(23-30)36-24-31(18-16-14-12-10-8-6-4-2)25-37(43-36)39-28-33(48-29-45)27-38(44-39)35-26-32(40(46)47)20-22-42-35/h19-29H,3-18H2,1-2H3,(H,46,47). The number of hydrogen-bond donors (Lipinski definition) is 1. The molecule has 4 rings (SSSR count). The molecule has 0 radical (unpaired) electrons. The van der Waals surface area contributed by atoms with Gasteiger partial charge in [0.2, 0.25) is 0 Å². The van der Waals surface area contributed by atoms with Crippen molar-refractivity contribution in [3.63, 3.8) is 0 Å². The Kier molecular flexibility index (Phi) is 15.2.